The average Bonchev–Trinajstić information content (AvgIpc) is 2.55. The molecule has 5 nitrogen and oxygen atoms in total. The van der Waals surface area contributed by atoms with Gasteiger partial charge in [-0.15, -0.1) is 0 Å². The molecule has 0 spiro atoms. The zero-order valence-electron chi connectivity index (χ0n) is 14.2. The SMILES string of the molecule is COc1ccc(N(CCC(=O)N2CCCC(C)C2)C(C)=O)cc1. The molecule has 0 saturated carbocycles. The molecule has 0 radical (unpaired) electrons. The van der Waals surface area contributed by atoms with Crippen molar-refractivity contribution in [3.05, 3.63) is 24.3 Å². The van der Waals surface area contributed by atoms with E-state index >= 15 is 0 Å². The summed E-state index contributed by atoms with van der Waals surface area (Å²) in [5.41, 5.74) is 0.790. The maximum Gasteiger partial charge on any atom is 0.224 e. The van der Waals surface area contributed by atoms with Crippen molar-refractivity contribution in [1.82, 2.24) is 4.90 Å². The predicted octanol–water partition coefficient (Wildman–Crippen LogP) is 2.70. The van der Waals surface area contributed by atoms with Crippen molar-refractivity contribution in [2.24, 2.45) is 5.92 Å². The van der Waals surface area contributed by atoms with Crippen LogP contribution in [0.15, 0.2) is 24.3 Å². The van der Waals surface area contributed by atoms with Crippen LogP contribution in [0.25, 0.3) is 0 Å². The molecule has 0 bridgehead atoms. The first kappa shape index (κ1) is 17.3. The van der Waals surface area contributed by atoms with E-state index in [0.717, 1.165) is 30.9 Å². The minimum absolute atomic E-state index is 0.0602. The van der Waals surface area contributed by atoms with E-state index in [2.05, 4.69) is 6.92 Å². The molecule has 1 aliphatic rings. The number of rotatable bonds is 5. The summed E-state index contributed by atoms with van der Waals surface area (Å²) in [4.78, 5) is 27.9. The number of carbonyl (C=O) groups excluding carboxylic acids is 2. The van der Waals surface area contributed by atoms with Gasteiger partial charge in [0.15, 0.2) is 0 Å². The second-order valence-corrected chi connectivity index (χ2v) is 6.21. The van der Waals surface area contributed by atoms with E-state index in [4.69, 9.17) is 4.74 Å². The van der Waals surface area contributed by atoms with Crippen LogP contribution in [0.1, 0.15) is 33.1 Å². The second-order valence-electron chi connectivity index (χ2n) is 6.21. The van der Waals surface area contributed by atoms with Crippen LogP contribution in [0, 0.1) is 5.92 Å². The highest BCUT2D eigenvalue weighted by Crippen LogP contribution is 2.21. The molecule has 0 aliphatic carbocycles. The monoisotopic (exact) mass is 318 g/mol. The maximum atomic E-state index is 12.4. The summed E-state index contributed by atoms with van der Waals surface area (Å²) in [6.45, 7) is 5.79. The average molecular weight is 318 g/mol. The first-order valence-electron chi connectivity index (χ1n) is 8.21. The molecule has 5 heteroatoms. The van der Waals surface area contributed by atoms with Crippen LogP contribution in [0.3, 0.4) is 0 Å². The molecule has 1 heterocycles. The van der Waals surface area contributed by atoms with Crippen LogP contribution < -0.4 is 9.64 Å². The fraction of sp³-hybridized carbons (Fsp3) is 0.556. The molecule has 126 valence electrons. The molecular weight excluding hydrogens is 292 g/mol. The molecule has 1 unspecified atom stereocenters. The summed E-state index contributed by atoms with van der Waals surface area (Å²) < 4.78 is 5.13. The molecule has 1 atom stereocenters. The summed E-state index contributed by atoms with van der Waals surface area (Å²) in [6, 6.07) is 7.32. The zero-order chi connectivity index (χ0) is 16.8. The molecular formula is C18H26N2O3. The quantitative estimate of drug-likeness (QED) is 0.839. The number of amides is 2. The Hall–Kier alpha value is -2.04. The highest BCUT2D eigenvalue weighted by molar-refractivity contribution is 5.92. The number of benzene rings is 1. The van der Waals surface area contributed by atoms with E-state index in [1.807, 2.05) is 29.2 Å². The molecule has 2 rings (SSSR count). The maximum absolute atomic E-state index is 12.4. The molecule has 1 aromatic carbocycles. The largest absolute Gasteiger partial charge is 0.497 e. The topological polar surface area (TPSA) is 49.9 Å². The summed E-state index contributed by atoms with van der Waals surface area (Å²) >= 11 is 0. The Labute approximate surface area is 138 Å². The van der Waals surface area contributed by atoms with Gasteiger partial charge in [0, 0.05) is 38.7 Å². The Balaban J connectivity index is 1.96. The van der Waals surface area contributed by atoms with Gasteiger partial charge in [0.2, 0.25) is 11.8 Å². The van der Waals surface area contributed by atoms with Crippen LogP contribution in [0.2, 0.25) is 0 Å². The normalized spacial score (nSPS) is 17.7. The molecule has 0 N–H and O–H groups in total. The number of likely N-dealkylation sites (tertiary alicyclic amines) is 1. The first-order chi connectivity index (χ1) is 11.0. The van der Waals surface area contributed by atoms with Gasteiger partial charge in [-0.2, -0.15) is 0 Å². The number of methoxy groups -OCH3 is 1. The standard InChI is InChI=1S/C18H26N2O3/c1-14-5-4-11-19(13-14)18(22)10-12-20(15(2)21)16-6-8-17(23-3)9-7-16/h6-9,14H,4-5,10-13H2,1-3H3. The van der Waals surface area contributed by atoms with Crippen molar-refractivity contribution >= 4 is 17.5 Å². The summed E-state index contributed by atoms with van der Waals surface area (Å²) in [7, 11) is 1.61. The Morgan fingerprint density at radius 2 is 2.00 bits per heavy atom. The summed E-state index contributed by atoms with van der Waals surface area (Å²) in [5.74, 6) is 1.39. The molecule has 1 aliphatic heterocycles. The van der Waals surface area contributed by atoms with Crippen molar-refractivity contribution in [1.29, 1.82) is 0 Å². The van der Waals surface area contributed by atoms with E-state index in [0.29, 0.717) is 18.9 Å². The Kier molecular flexibility index (Phi) is 6.02. The number of anilines is 1. The lowest BCUT2D eigenvalue weighted by Crippen LogP contribution is -2.41. The molecule has 1 saturated heterocycles. The third-order valence-electron chi connectivity index (χ3n) is 4.32. The van der Waals surface area contributed by atoms with Gasteiger partial charge in [-0.1, -0.05) is 6.92 Å². The molecule has 23 heavy (non-hydrogen) atoms. The summed E-state index contributed by atoms with van der Waals surface area (Å²) in [5, 5.41) is 0. The van der Waals surface area contributed by atoms with Gasteiger partial charge < -0.3 is 14.5 Å². The van der Waals surface area contributed by atoms with Gasteiger partial charge in [0.25, 0.3) is 0 Å². The molecule has 1 fully saturated rings. The third kappa shape index (κ3) is 4.71. The van der Waals surface area contributed by atoms with Crippen LogP contribution >= 0.6 is 0 Å². The van der Waals surface area contributed by atoms with E-state index in [9.17, 15) is 9.59 Å². The van der Waals surface area contributed by atoms with E-state index < -0.39 is 0 Å². The Morgan fingerprint density at radius 1 is 1.30 bits per heavy atom. The number of ether oxygens (including phenoxy) is 1. The number of carbonyl (C=O) groups is 2. The van der Waals surface area contributed by atoms with Gasteiger partial charge >= 0.3 is 0 Å². The number of hydrogen-bond acceptors (Lipinski definition) is 3. The lowest BCUT2D eigenvalue weighted by molar-refractivity contribution is -0.132. The van der Waals surface area contributed by atoms with Crippen molar-refractivity contribution in [2.45, 2.75) is 33.1 Å². The predicted molar refractivity (Wildman–Crippen MR) is 90.6 cm³/mol. The number of piperidine rings is 1. The minimum Gasteiger partial charge on any atom is -0.497 e. The van der Waals surface area contributed by atoms with Gasteiger partial charge in [-0.3, -0.25) is 9.59 Å². The fourth-order valence-electron chi connectivity index (χ4n) is 3.01. The van der Waals surface area contributed by atoms with Crippen LogP contribution in [-0.4, -0.2) is 43.5 Å². The smallest absolute Gasteiger partial charge is 0.224 e. The minimum atomic E-state index is -0.0602. The number of nitrogens with zero attached hydrogens (tertiary/aromatic N) is 2. The van der Waals surface area contributed by atoms with Crippen LogP contribution in [-0.2, 0) is 9.59 Å². The van der Waals surface area contributed by atoms with Crippen molar-refractivity contribution in [3.8, 4) is 5.75 Å². The summed E-state index contributed by atoms with van der Waals surface area (Å²) in [6.07, 6.45) is 2.62. The van der Waals surface area contributed by atoms with E-state index in [-0.39, 0.29) is 11.8 Å². The van der Waals surface area contributed by atoms with Gasteiger partial charge in [0.1, 0.15) is 5.75 Å². The lowest BCUT2D eigenvalue weighted by Gasteiger charge is -2.31. The van der Waals surface area contributed by atoms with Crippen molar-refractivity contribution in [3.63, 3.8) is 0 Å². The highest BCUT2D eigenvalue weighted by Gasteiger charge is 2.22. The number of hydrogen-bond donors (Lipinski definition) is 0. The van der Waals surface area contributed by atoms with Crippen LogP contribution in [0.5, 0.6) is 5.75 Å². The molecule has 0 aromatic heterocycles. The molecule has 2 amide bonds. The highest BCUT2D eigenvalue weighted by atomic mass is 16.5. The fourth-order valence-corrected chi connectivity index (χ4v) is 3.01. The third-order valence-corrected chi connectivity index (χ3v) is 4.32. The van der Waals surface area contributed by atoms with E-state index in [1.165, 1.54) is 13.3 Å². The van der Waals surface area contributed by atoms with Crippen LogP contribution in [0.4, 0.5) is 5.69 Å². The van der Waals surface area contributed by atoms with Gasteiger partial charge in [0.05, 0.1) is 7.11 Å². The van der Waals surface area contributed by atoms with Crippen molar-refractivity contribution < 1.29 is 14.3 Å². The molecule has 1 aromatic rings. The zero-order valence-corrected chi connectivity index (χ0v) is 14.2. The van der Waals surface area contributed by atoms with Gasteiger partial charge in [-0.05, 0) is 43.0 Å². The second kappa shape index (κ2) is 7.99. The lowest BCUT2D eigenvalue weighted by atomic mass is 10.00. The first-order valence-corrected chi connectivity index (χ1v) is 8.21. The van der Waals surface area contributed by atoms with Crippen molar-refractivity contribution in [2.75, 3.05) is 31.6 Å². The Morgan fingerprint density at radius 3 is 2.57 bits per heavy atom. The Bertz CT molecular complexity index is 542. The van der Waals surface area contributed by atoms with Gasteiger partial charge in [-0.25, -0.2) is 0 Å². The van der Waals surface area contributed by atoms with E-state index in [1.54, 1.807) is 12.0 Å².